The van der Waals surface area contributed by atoms with Crippen LogP contribution in [0.15, 0.2) is 42.5 Å². The Morgan fingerprint density at radius 1 is 1.10 bits per heavy atom. The highest BCUT2D eigenvalue weighted by Gasteiger charge is 2.17. The smallest absolute Gasteiger partial charge is 0.132 e. The summed E-state index contributed by atoms with van der Waals surface area (Å²) in [6.07, 6.45) is -1.27. The van der Waals surface area contributed by atoms with Gasteiger partial charge in [0.15, 0.2) is 0 Å². The van der Waals surface area contributed by atoms with Crippen molar-refractivity contribution in [2.24, 2.45) is 0 Å². The van der Waals surface area contributed by atoms with Crippen molar-refractivity contribution in [3.05, 3.63) is 59.7 Å². The Morgan fingerprint density at radius 2 is 1.70 bits per heavy atom. The molecule has 0 aliphatic rings. The largest absolute Gasteiger partial charge is 0.497 e. The molecule has 0 aromatic heterocycles. The lowest BCUT2D eigenvalue weighted by Gasteiger charge is -2.14. The molecule has 5 heteroatoms. The zero-order valence-electron chi connectivity index (χ0n) is 10.9. The summed E-state index contributed by atoms with van der Waals surface area (Å²) in [6, 6.07) is 10.5. The highest BCUT2D eigenvalue weighted by Crippen LogP contribution is 2.22. The maximum absolute atomic E-state index is 13.5. The molecule has 0 saturated carbocycles. The van der Waals surface area contributed by atoms with E-state index in [2.05, 4.69) is 5.32 Å². The van der Waals surface area contributed by atoms with E-state index < -0.39 is 17.7 Å². The molecule has 0 radical (unpaired) electrons. The van der Waals surface area contributed by atoms with Gasteiger partial charge in [0.25, 0.3) is 0 Å². The number of nitrogens with one attached hydrogen (secondary N) is 1. The fraction of sp³-hybridized carbons (Fsp3) is 0.200. The van der Waals surface area contributed by atoms with E-state index in [1.807, 2.05) is 0 Å². The van der Waals surface area contributed by atoms with Gasteiger partial charge in [-0.1, -0.05) is 6.07 Å². The third-order valence-electron chi connectivity index (χ3n) is 2.92. The summed E-state index contributed by atoms with van der Waals surface area (Å²) < 4.78 is 32.0. The Labute approximate surface area is 115 Å². The quantitative estimate of drug-likeness (QED) is 0.883. The molecule has 0 spiro atoms. The van der Waals surface area contributed by atoms with Crippen LogP contribution in [-0.2, 0) is 0 Å². The number of hydrogen-bond acceptors (Lipinski definition) is 3. The number of hydrogen-bond donors (Lipinski definition) is 2. The second kappa shape index (κ2) is 6.34. The number of benzene rings is 2. The summed E-state index contributed by atoms with van der Waals surface area (Å²) >= 11 is 0. The van der Waals surface area contributed by atoms with E-state index in [1.54, 1.807) is 31.4 Å². The van der Waals surface area contributed by atoms with Crippen LogP contribution in [-0.4, -0.2) is 18.8 Å². The number of ether oxygens (including phenoxy) is 1. The van der Waals surface area contributed by atoms with E-state index in [0.717, 1.165) is 17.8 Å². The van der Waals surface area contributed by atoms with Gasteiger partial charge in [-0.3, -0.25) is 0 Å². The Morgan fingerprint density at radius 3 is 2.25 bits per heavy atom. The molecular formula is C15H15F2NO2. The van der Waals surface area contributed by atoms with Gasteiger partial charge in [-0.15, -0.1) is 0 Å². The van der Waals surface area contributed by atoms with Crippen LogP contribution < -0.4 is 10.1 Å². The molecule has 0 aliphatic carbocycles. The Balaban J connectivity index is 2.02. The second-order valence-corrected chi connectivity index (χ2v) is 4.26. The van der Waals surface area contributed by atoms with Gasteiger partial charge in [-0.2, -0.15) is 0 Å². The van der Waals surface area contributed by atoms with E-state index in [0.29, 0.717) is 5.75 Å². The third kappa shape index (κ3) is 3.24. The molecule has 2 rings (SSSR count). The van der Waals surface area contributed by atoms with Crippen molar-refractivity contribution in [2.75, 3.05) is 19.0 Å². The van der Waals surface area contributed by atoms with Gasteiger partial charge >= 0.3 is 0 Å². The van der Waals surface area contributed by atoms with Crippen LogP contribution in [0.1, 0.15) is 11.7 Å². The van der Waals surface area contributed by atoms with E-state index in [1.165, 1.54) is 6.07 Å². The number of halogens is 2. The van der Waals surface area contributed by atoms with Gasteiger partial charge in [-0.25, -0.2) is 8.78 Å². The lowest BCUT2D eigenvalue weighted by Crippen LogP contribution is -2.15. The van der Waals surface area contributed by atoms with Crippen LogP contribution in [0.3, 0.4) is 0 Å². The van der Waals surface area contributed by atoms with E-state index in [-0.39, 0.29) is 12.1 Å². The lowest BCUT2D eigenvalue weighted by atomic mass is 10.1. The van der Waals surface area contributed by atoms with Gasteiger partial charge in [0.2, 0.25) is 0 Å². The average Bonchev–Trinajstić information content (AvgIpc) is 2.45. The van der Waals surface area contributed by atoms with Crippen molar-refractivity contribution < 1.29 is 18.6 Å². The van der Waals surface area contributed by atoms with Crippen molar-refractivity contribution in [2.45, 2.75) is 6.10 Å². The van der Waals surface area contributed by atoms with Crippen LogP contribution in [0, 0.1) is 11.6 Å². The van der Waals surface area contributed by atoms with Crippen LogP contribution in [0.2, 0.25) is 0 Å². The van der Waals surface area contributed by atoms with Crippen LogP contribution in [0.25, 0.3) is 0 Å². The molecule has 106 valence electrons. The molecule has 0 fully saturated rings. The van der Waals surface area contributed by atoms with Gasteiger partial charge in [0, 0.05) is 12.2 Å². The molecule has 3 nitrogen and oxygen atoms in total. The zero-order valence-corrected chi connectivity index (χ0v) is 10.9. The number of methoxy groups -OCH3 is 1. The normalized spacial score (nSPS) is 12.0. The number of rotatable bonds is 5. The first-order chi connectivity index (χ1) is 9.61. The topological polar surface area (TPSA) is 41.5 Å². The predicted octanol–water partition coefficient (Wildman–Crippen LogP) is 3.12. The van der Waals surface area contributed by atoms with Crippen LogP contribution in [0.4, 0.5) is 14.5 Å². The first kappa shape index (κ1) is 14.3. The first-order valence-corrected chi connectivity index (χ1v) is 6.11. The molecule has 2 aromatic carbocycles. The molecule has 0 bridgehead atoms. The number of aliphatic hydroxyl groups is 1. The predicted molar refractivity (Wildman–Crippen MR) is 72.8 cm³/mol. The Kier molecular flexibility index (Phi) is 4.53. The fourth-order valence-electron chi connectivity index (χ4n) is 1.85. The highest BCUT2D eigenvalue weighted by molar-refractivity contribution is 5.46. The zero-order chi connectivity index (χ0) is 14.5. The Bertz CT molecular complexity index is 552. The molecule has 0 heterocycles. The van der Waals surface area contributed by atoms with E-state index >= 15 is 0 Å². The summed E-state index contributed by atoms with van der Waals surface area (Å²) in [5.41, 5.74) is 0.398. The summed E-state index contributed by atoms with van der Waals surface area (Å²) in [5, 5.41) is 12.8. The highest BCUT2D eigenvalue weighted by atomic mass is 19.1. The van der Waals surface area contributed by atoms with Crippen molar-refractivity contribution in [1.82, 2.24) is 0 Å². The van der Waals surface area contributed by atoms with Crippen molar-refractivity contribution in [1.29, 1.82) is 0 Å². The van der Waals surface area contributed by atoms with Crippen molar-refractivity contribution in [3.63, 3.8) is 0 Å². The van der Waals surface area contributed by atoms with Gasteiger partial charge in [0.05, 0.1) is 12.7 Å². The van der Waals surface area contributed by atoms with E-state index in [9.17, 15) is 13.9 Å². The Hall–Kier alpha value is -2.14. The standard InChI is InChI=1S/C15H15F2NO2/c1-20-11-7-5-10(6-8-11)18-9-14(19)15-12(16)3-2-4-13(15)17/h2-8,14,18-19H,9H2,1H3. The van der Waals surface area contributed by atoms with Crippen molar-refractivity contribution >= 4 is 5.69 Å². The molecule has 2 N–H and O–H groups in total. The SMILES string of the molecule is COc1ccc(NCC(O)c2c(F)cccc2F)cc1. The second-order valence-electron chi connectivity index (χ2n) is 4.26. The van der Waals surface area contributed by atoms with Gasteiger partial charge in [0.1, 0.15) is 23.5 Å². The monoisotopic (exact) mass is 279 g/mol. The molecular weight excluding hydrogens is 264 g/mol. The summed E-state index contributed by atoms with van der Waals surface area (Å²) in [7, 11) is 1.56. The van der Waals surface area contributed by atoms with Crippen molar-refractivity contribution in [3.8, 4) is 5.75 Å². The number of aliphatic hydroxyl groups excluding tert-OH is 1. The first-order valence-electron chi connectivity index (χ1n) is 6.11. The van der Waals surface area contributed by atoms with Gasteiger partial charge in [-0.05, 0) is 36.4 Å². The molecule has 0 aliphatic heterocycles. The number of anilines is 1. The molecule has 1 unspecified atom stereocenters. The third-order valence-corrected chi connectivity index (χ3v) is 2.92. The van der Waals surface area contributed by atoms with E-state index in [4.69, 9.17) is 4.74 Å². The molecule has 0 saturated heterocycles. The lowest BCUT2D eigenvalue weighted by molar-refractivity contribution is 0.181. The summed E-state index contributed by atoms with van der Waals surface area (Å²) in [6.45, 7) is 0.00415. The van der Waals surface area contributed by atoms with Gasteiger partial charge < -0.3 is 15.2 Å². The minimum Gasteiger partial charge on any atom is -0.497 e. The summed E-state index contributed by atoms with van der Waals surface area (Å²) in [4.78, 5) is 0. The fourth-order valence-corrected chi connectivity index (χ4v) is 1.85. The maximum Gasteiger partial charge on any atom is 0.132 e. The van der Waals surface area contributed by atoms with Crippen LogP contribution >= 0.6 is 0 Å². The average molecular weight is 279 g/mol. The molecule has 0 amide bonds. The minimum atomic E-state index is -1.27. The minimum absolute atomic E-state index is 0.00415. The molecule has 20 heavy (non-hydrogen) atoms. The van der Waals surface area contributed by atoms with Crippen LogP contribution in [0.5, 0.6) is 5.75 Å². The summed E-state index contributed by atoms with van der Waals surface area (Å²) in [5.74, 6) is -0.806. The maximum atomic E-state index is 13.5. The molecule has 2 aromatic rings. The molecule has 1 atom stereocenters.